The highest BCUT2D eigenvalue weighted by molar-refractivity contribution is 6.30. The van der Waals surface area contributed by atoms with Gasteiger partial charge in [0.05, 0.1) is 11.4 Å². The molecule has 2 aromatic rings. The Kier molecular flexibility index (Phi) is 6.09. The van der Waals surface area contributed by atoms with Gasteiger partial charge in [-0.2, -0.15) is 5.10 Å². The summed E-state index contributed by atoms with van der Waals surface area (Å²) in [5.41, 5.74) is 4.72. The number of nitrogens with one attached hydrogen (secondary N) is 1. The molecule has 1 aromatic carbocycles. The third-order valence-corrected chi connectivity index (χ3v) is 4.60. The highest BCUT2D eigenvalue weighted by atomic mass is 35.5. The summed E-state index contributed by atoms with van der Waals surface area (Å²) in [7, 11) is 0. The van der Waals surface area contributed by atoms with E-state index in [0.717, 1.165) is 42.6 Å². The van der Waals surface area contributed by atoms with Gasteiger partial charge in [0.2, 0.25) is 0 Å². The van der Waals surface area contributed by atoms with Crippen LogP contribution in [0, 0.1) is 13.8 Å². The molecule has 1 saturated heterocycles. The molecule has 4 nitrogen and oxygen atoms in total. The normalized spacial score (nSPS) is 18.7. The first-order valence-electron chi connectivity index (χ1n) is 7.81. The summed E-state index contributed by atoms with van der Waals surface area (Å²) in [4.78, 5) is 2.50. The number of hydrogen-bond acceptors (Lipinski definition) is 3. The van der Waals surface area contributed by atoms with E-state index in [2.05, 4.69) is 31.0 Å². The third kappa shape index (κ3) is 4.07. The van der Waals surface area contributed by atoms with Crippen LogP contribution < -0.4 is 5.32 Å². The van der Waals surface area contributed by atoms with E-state index in [1.165, 1.54) is 11.3 Å². The molecule has 1 aromatic heterocycles. The minimum Gasteiger partial charge on any atom is -0.312 e. The van der Waals surface area contributed by atoms with Crippen LogP contribution in [0.3, 0.4) is 0 Å². The van der Waals surface area contributed by atoms with E-state index in [4.69, 9.17) is 16.7 Å². The van der Waals surface area contributed by atoms with Gasteiger partial charge in [0.1, 0.15) is 0 Å². The van der Waals surface area contributed by atoms with Crippen molar-refractivity contribution in [3.8, 4) is 5.69 Å². The van der Waals surface area contributed by atoms with Crippen molar-refractivity contribution in [2.75, 3.05) is 19.6 Å². The lowest BCUT2D eigenvalue weighted by atomic mass is 10.1. The molecule has 2 heterocycles. The molecule has 6 heteroatoms. The number of halogens is 2. The Morgan fingerprint density at radius 1 is 1.26 bits per heavy atom. The molecule has 0 amide bonds. The maximum atomic E-state index is 5.98. The lowest BCUT2D eigenvalue weighted by Crippen LogP contribution is -2.48. The van der Waals surface area contributed by atoms with E-state index >= 15 is 0 Å². The first-order chi connectivity index (χ1) is 10.5. The monoisotopic (exact) mass is 354 g/mol. The topological polar surface area (TPSA) is 33.1 Å². The van der Waals surface area contributed by atoms with Crippen LogP contribution in [0.5, 0.6) is 0 Å². The molecule has 1 N–H and O–H groups in total. The van der Waals surface area contributed by atoms with Gasteiger partial charge in [-0.25, -0.2) is 4.68 Å². The second kappa shape index (κ2) is 7.67. The molecule has 0 bridgehead atoms. The maximum Gasteiger partial charge on any atom is 0.0649 e. The SMILES string of the molecule is Cc1nn(-c2ccc(Cl)cc2)c(C)c1CN1CCN[C@@H](C)C1.Cl. The Morgan fingerprint density at radius 3 is 2.61 bits per heavy atom. The molecule has 0 aliphatic carbocycles. The predicted molar refractivity (Wildman–Crippen MR) is 98.0 cm³/mol. The van der Waals surface area contributed by atoms with Gasteiger partial charge < -0.3 is 5.32 Å². The van der Waals surface area contributed by atoms with Crippen LogP contribution in [0.4, 0.5) is 0 Å². The molecule has 1 fully saturated rings. The minimum atomic E-state index is 0. The van der Waals surface area contributed by atoms with Crippen LogP contribution in [-0.4, -0.2) is 40.4 Å². The lowest BCUT2D eigenvalue weighted by Gasteiger charge is -2.31. The number of rotatable bonds is 3. The van der Waals surface area contributed by atoms with Gasteiger partial charge in [0.15, 0.2) is 0 Å². The van der Waals surface area contributed by atoms with Gasteiger partial charge in [-0.15, -0.1) is 12.4 Å². The van der Waals surface area contributed by atoms with Crippen molar-refractivity contribution in [1.29, 1.82) is 0 Å². The van der Waals surface area contributed by atoms with E-state index in [-0.39, 0.29) is 12.4 Å². The Hall–Kier alpha value is -1.07. The highest BCUT2D eigenvalue weighted by Gasteiger charge is 2.20. The summed E-state index contributed by atoms with van der Waals surface area (Å²) in [6, 6.07) is 8.40. The largest absolute Gasteiger partial charge is 0.312 e. The van der Waals surface area contributed by atoms with Crippen LogP contribution in [-0.2, 0) is 6.54 Å². The summed E-state index contributed by atoms with van der Waals surface area (Å²) < 4.78 is 2.02. The first kappa shape index (κ1) is 18.3. The number of hydrogen-bond donors (Lipinski definition) is 1. The Morgan fingerprint density at radius 2 is 1.96 bits per heavy atom. The molecule has 1 aliphatic rings. The summed E-state index contributed by atoms with van der Waals surface area (Å²) in [5.74, 6) is 0. The van der Waals surface area contributed by atoms with Crippen molar-refractivity contribution >= 4 is 24.0 Å². The standard InChI is InChI=1S/C17H23ClN4.ClH/c1-12-10-21(9-8-19-12)11-17-13(2)20-22(14(17)3)16-6-4-15(18)5-7-16;/h4-7,12,19H,8-11H2,1-3H3;1H/t12-;/m0./s1. The van der Waals surface area contributed by atoms with Crippen LogP contribution in [0.1, 0.15) is 23.9 Å². The van der Waals surface area contributed by atoms with Crippen molar-refractivity contribution in [3.05, 3.63) is 46.2 Å². The van der Waals surface area contributed by atoms with Gasteiger partial charge >= 0.3 is 0 Å². The molecular weight excluding hydrogens is 331 g/mol. The summed E-state index contributed by atoms with van der Waals surface area (Å²) in [6.07, 6.45) is 0. The van der Waals surface area contributed by atoms with Crippen LogP contribution in [0.2, 0.25) is 5.02 Å². The van der Waals surface area contributed by atoms with Crippen LogP contribution in [0.25, 0.3) is 5.69 Å². The molecule has 1 atom stereocenters. The van der Waals surface area contributed by atoms with Crippen LogP contribution in [0.15, 0.2) is 24.3 Å². The van der Waals surface area contributed by atoms with Gasteiger partial charge in [0, 0.05) is 48.5 Å². The second-order valence-electron chi connectivity index (χ2n) is 6.13. The zero-order chi connectivity index (χ0) is 15.7. The molecular formula is C17H24Cl2N4. The fourth-order valence-electron chi connectivity index (χ4n) is 3.12. The quantitative estimate of drug-likeness (QED) is 0.917. The number of aryl methyl sites for hydroxylation is 1. The zero-order valence-corrected chi connectivity index (χ0v) is 15.4. The fourth-order valence-corrected chi connectivity index (χ4v) is 3.24. The summed E-state index contributed by atoms with van der Waals surface area (Å²) in [5, 5.41) is 8.96. The lowest BCUT2D eigenvalue weighted by molar-refractivity contribution is 0.199. The van der Waals surface area contributed by atoms with E-state index in [9.17, 15) is 0 Å². The van der Waals surface area contributed by atoms with E-state index in [1.54, 1.807) is 0 Å². The maximum absolute atomic E-state index is 5.98. The second-order valence-corrected chi connectivity index (χ2v) is 6.56. The van der Waals surface area contributed by atoms with Crippen molar-refractivity contribution in [1.82, 2.24) is 20.0 Å². The van der Waals surface area contributed by atoms with E-state index in [1.807, 2.05) is 28.9 Å². The summed E-state index contributed by atoms with van der Waals surface area (Å²) >= 11 is 5.98. The average molecular weight is 355 g/mol. The van der Waals surface area contributed by atoms with Gasteiger partial charge in [-0.3, -0.25) is 4.90 Å². The molecule has 0 unspecified atom stereocenters. The smallest absolute Gasteiger partial charge is 0.0649 e. The van der Waals surface area contributed by atoms with Crippen molar-refractivity contribution in [2.45, 2.75) is 33.4 Å². The third-order valence-electron chi connectivity index (χ3n) is 4.35. The van der Waals surface area contributed by atoms with E-state index < -0.39 is 0 Å². The fraction of sp³-hybridized carbons (Fsp3) is 0.471. The van der Waals surface area contributed by atoms with E-state index in [0.29, 0.717) is 6.04 Å². The number of nitrogens with zero attached hydrogens (tertiary/aromatic N) is 3. The zero-order valence-electron chi connectivity index (χ0n) is 13.8. The molecule has 0 spiro atoms. The molecule has 0 saturated carbocycles. The van der Waals surface area contributed by atoms with Gasteiger partial charge in [-0.1, -0.05) is 11.6 Å². The number of benzene rings is 1. The molecule has 23 heavy (non-hydrogen) atoms. The molecule has 0 radical (unpaired) electrons. The van der Waals surface area contributed by atoms with Crippen LogP contribution >= 0.6 is 24.0 Å². The Labute approximate surface area is 149 Å². The minimum absolute atomic E-state index is 0. The van der Waals surface area contributed by atoms with Crippen molar-refractivity contribution < 1.29 is 0 Å². The van der Waals surface area contributed by atoms with Gasteiger partial charge in [0.25, 0.3) is 0 Å². The van der Waals surface area contributed by atoms with Crippen molar-refractivity contribution in [2.24, 2.45) is 0 Å². The summed E-state index contributed by atoms with van der Waals surface area (Å²) in [6.45, 7) is 10.7. The molecule has 126 valence electrons. The van der Waals surface area contributed by atoms with Crippen molar-refractivity contribution in [3.63, 3.8) is 0 Å². The molecule has 3 rings (SSSR count). The average Bonchev–Trinajstić information content (AvgIpc) is 2.76. The Balaban J connectivity index is 0.00000192. The number of piperazine rings is 1. The van der Waals surface area contributed by atoms with Gasteiger partial charge in [-0.05, 0) is 45.0 Å². The highest BCUT2D eigenvalue weighted by Crippen LogP contribution is 2.21. The predicted octanol–water partition coefficient (Wildman–Crippen LogP) is 3.36. The first-order valence-corrected chi connectivity index (χ1v) is 8.19. The Bertz CT molecular complexity index is 651. The number of aromatic nitrogens is 2. The molecule has 1 aliphatic heterocycles.